The molecular formula is C50H91NO5. The smallest absolute Gasteiger partial charge is 0.249 e. The molecule has 56 heavy (non-hydrogen) atoms. The fourth-order valence-electron chi connectivity index (χ4n) is 6.89. The number of rotatable bonds is 42. The third kappa shape index (κ3) is 37.6. The second-order valence-corrected chi connectivity index (χ2v) is 16.1. The molecule has 0 spiro atoms. The maximum atomic E-state index is 12.4. The van der Waals surface area contributed by atoms with Crippen molar-refractivity contribution in [1.29, 1.82) is 0 Å². The van der Waals surface area contributed by atoms with Crippen molar-refractivity contribution in [2.45, 2.75) is 244 Å². The predicted molar refractivity (Wildman–Crippen MR) is 242 cm³/mol. The summed E-state index contributed by atoms with van der Waals surface area (Å²) in [7, 11) is 0. The van der Waals surface area contributed by atoms with Gasteiger partial charge in [-0.2, -0.15) is 0 Å². The molecule has 0 radical (unpaired) electrons. The van der Waals surface area contributed by atoms with E-state index in [4.69, 9.17) is 0 Å². The number of amides is 1. The zero-order valence-electron chi connectivity index (χ0n) is 36.6. The Bertz CT molecular complexity index is 972. The first-order chi connectivity index (χ1) is 27.5. The molecule has 4 atom stereocenters. The largest absolute Gasteiger partial charge is 0.394 e. The van der Waals surface area contributed by atoms with E-state index in [1.807, 2.05) is 6.08 Å². The van der Waals surface area contributed by atoms with Gasteiger partial charge in [0.05, 0.1) is 18.8 Å². The Morgan fingerprint density at radius 1 is 0.464 bits per heavy atom. The van der Waals surface area contributed by atoms with E-state index in [1.54, 1.807) is 6.08 Å². The van der Waals surface area contributed by atoms with Gasteiger partial charge in [0.15, 0.2) is 0 Å². The molecule has 0 aromatic carbocycles. The van der Waals surface area contributed by atoms with Crippen molar-refractivity contribution in [3.63, 3.8) is 0 Å². The van der Waals surface area contributed by atoms with Crippen LogP contribution in [0, 0.1) is 0 Å². The van der Waals surface area contributed by atoms with Crippen molar-refractivity contribution in [3.8, 4) is 0 Å². The maximum Gasteiger partial charge on any atom is 0.249 e. The zero-order valence-corrected chi connectivity index (χ0v) is 36.6. The van der Waals surface area contributed by atoms with E-state index >= 15 is 0 Å². The molecular weight excluding hydrogens is 695 g/mol. The van der Waals surface area contributed by atoms with Crippen molar-refractivity contribution in [3.05, 3.63) is 60.8 Å². The second kappa shape index (κ2) is 44.1. The topological polar surface area (TPSA) is 110 Å². The Hall–Kier alpha value is -1.99. The number of nitrogens with one attached hydrogen (secondary N) is 1. The van der Waals surface area contributed by atoms with Gasteiger partial charge in [-0.1, -0.05) is 197 Å². The van der Waals surface area contributed by atoms with E-state index in [0.29, 0.717) is 12.8 Å². The summed E-state index contributed by atoms with van der Waals surface area (Å²) < 4.78 is 0. The molecule has 0 saturated heterocycles. The summed E-state index contributed by atoms with van der Waals surface area (Å²) >= 11 is 0. The van der Waals surface area contributed by atoms with E-state index in [9.17, 15) is 25.2 Å². The quantitative estimate of drug-likeness (QED) is 0.0313. The fraction of sp³-hybridized carbons (Fsp3) is 0.780. The van der Waals surface area contributed by atoms with Crippen LogP contribution in [-0.2, 0) is 4.79 Å². The molecule has 0 rings (SSSR count). The monoisotopic (exact) mass is 786 g/mol. The normalized spacial score (nSPS) is 14.6. The molecule has 4 unspecified atom stereocenters. The van der Waals surface area contributed by atoms with E-state index in [1.165, 1.54) is 141 Å². The Balaban J connectivity index is 3.80. The number of aliphatic hydroxyl groups excluding tert-OH is 4. The van der Waals surface area contributed by atoms with Crippen LogP contribution in [-0.4, -0.2) is 57.3 Å². The van der Waals surface area contributed by atoms with Gasteiger partial charge in [-0.3, -0.25) is 4.79 Å². The highest BCUT2D eigenvalue weighted by Crippen LogP contribution is 2.15. The van der Waals surface area contributed by atoms with Gasteiger partial charge in [0, 0.05) is 6.42 Å². The summed E-state index contributed by atoms with van der Waals surface area (Å²) in [6, 6.07) is -1.04. The van der Waals surface area contributed by atoms with Crippen molar-refractivity contribution in [2.75, 3.05) is 6.61 Å². The first kappa shape index (κ1) is 54.0. The van der Waals surface area contributed by atoms with Gasteiger partial charge in [0.25, 0.3) is 0 Å². The number of unbranched alkanes of at least 4 members (excludes halogenated alkanes) is 24. The van der Waals surface area contributed by atoms with Gasteiger partial charge < -0.3 is 25.7 Å². The SMILES string of the molecule is CCCCCCCC/C=C\C/C=C\CC(O)C(=O)NC(CO)C(O)C(O)CCC/C=C/CC/C=C/CC/C=C/CCCCCCCCCCCCCCCCC. The van der Waals surface area contributed by atoms with Gasteiger partial charge >= 0.3 is 0 Å². The van der Waals surface area contributed by atoms with E-state index in [-0.39, 0.29) is 6.42 Å². The second-order valence-electron chi connectivity index (χ2n) is 16.1. The van der Waals surface area contributed by atoms with Gasteiger partial charge in [0.2, 0.25) is 5.91 Å². The number of aliphatic hydroxyl groups is 4. The molecule has 1 amide bonds. The molecule has 0 fully saturated rings. The molecule has 0 aliphatic carbocycles. The lowest BCUT2D eigenvalue weighted by Gasteiger charge is -2.27. The number of allylic oxidation sites excluding steroid dienone is 9. The fourth-order valence-corrected chi connectivity index (χ4v) is 6.89. The van der Waals surface area contributed by atoms with Gasteiger partial charge in [0.1, 0.15) is 12.2 Å². The van der Waals surface area contributed by atoms with Crippen LogP contribution in [0.4, 0.5) is 0 Å². The molecule has 0 aromatic rings. The molecule has 0 heterocycles. The molecule has 5 N–H and O–H groups in total. The van der Waals surface area contributed by atoms with Gasteiger partial charge in [-0.25, -0.2) is 0 Å². The molecule has 6 heteroatoms. The van der Waals surface area contributed by atoms with Crippen LogP contribution < -0.4 is 5.32 Å². The number of carbonyl (C=O) groups is 1. The standard InChI is InChI=1S/C50H91NO5/c1-3-5-7-9-11-13-15-17-18-19-20-21-22-23-24-25-26-27-28-29-30-31-32-34-35-37-39-41-43-47(53)49(55)46(45-52)51-50(56)48(54)44-42-40-38-36-33-16-14-12-10-8-6-4-2/h26-27,30-31,33,35-37,40,42,46-49,52-55H,3-25,28-29,32,34,38-39,41,43-45H2,1-2H3,(H,51,56)/b27-26+,31-30+,36-33-,37-35+,42-40-. The summed E-state index contributed by atoms with van der Waals surface area (Å²) in [5.41, 5.74) is 0. The highest BCUT2D eigenvalue weighted by molar-refractivity contribution is 5.81. The molecule has 0 aliphatic rings. The lowest BCUT2D eigenvalue weighted by molar-refractivity contribution is -0.132. The van der Waals surface area contributed by atoms with Crippen LogP contribution in [0.3, 0.4) is 0 Å². The molecule has 0 saturated carbocycles. The number of carbonyl (C=O) groups excluding carboxylic acids is 1. The van der Waals surface area contributed by atoms with Crippen molar-refractivity contribution in [2.24, 2.45) is 0 Å². The molecule has 6 nitrogen and oxygen atoms in total. The molecule has 326 valence electrons. The summed E-state index contributed by atoms with van der Waals surface area (Å²) in [5.74, 6) is -0.669. The first-order valence-corrected chi connectivity index (χ1v) is 23.7. The van der Waals surface area contributed by atoms with Crippen LogP contribution in [0.15, 0.2) is 60.8 Å². The average molecular weight is 786 g/mol. The Labute approximate surface area is 346 Å². The average Bonchev–Trinajstić information content (AvgIpc) is 3.20. The summed E-state index contributed by atoms with van der Waals surface area (Å²) in [4.78, 5) is 12.4. The number of hydrogen-bond donors (Lipinski definition) is 5. The molecule has 0 aromatic heterocycles. The van der Waals surface area contributed by atoms with Gasteiger partial charge in [-0.05, 0) is 77.0 Å². The summed E-state index contributed by atoms with van der Waals surface area (Å²) in [6.07, 6.45) is 55.8. The van der Waals surface area contributed by atoms with Crippen molar-refractivity contribution >= 4 is 5.91 Å². The third-order valence-corrected chi connectivity index (χ3v) is 10.7. The minimum Gasteiger partial charge on any atom is -0.394 e. The van der Waals surface area contributed by atoms with Crippen molar-refractivity contribution < 1.29 is 25.2 Å². The summed E-state index contributed by atoms with van der Waals surface area (Å²) in [6.45, 7) is 3.99. The molecule has 0 bridgehead atoms. The Kier molecular flexibility index (Phi) is 42.6. The van der Waals surface area contributed by atoms with Crippen molar-refractivity contribution in [1.82, 2.24) is 5.32 Å². The predicted octanol–water partition coefficient (Wildman–Crippen LogP) is 12.9. The van der Waals surface area contributed by atoms with E-state index in [0.717, 1.165) is 44.9 Å². The summed E-state index contributed by atoms with van der Waals surface area (Å²) in [5, 5.41) is 43.5. The van der Waals surface area contributed by atoms with Crippen LogP contribution in [0.2, 0.25) is 0 Å². The molecule has 0 aliphatic heterocycles. The third-order valence-electron chi connectivity index (χ3n) is 10.7. The van der Waals surface area contributed by atoms with Crippen LogP contribution in [0.25, 0.3) is 0 Å². The lowest BCUT2D eigenvalue weighted by atomic mass is 10.0. The Morgan fingerprint density at radius 3 is 1.25 bits per heavy atom. The van der Waals surface area contributed by atoms with Crippen LogP contribution >= 0.6 is 0 Å². The lowest BCUT2D eigenvalue weighted by Crippen LogP contribution is -2.52. The van der Waals surface area contributed by atoms with Crippen LogP contribution in [0.1, 0.15) is 219 Å². The minimum absolute atomic E-state index is 0.146. The highest BCUT2D eigenvalue weighted by Gasteiger charge is 2.28. The highest BCUT2D eigenvalue weighted by atomic mass is 16.3. The van der Waals surface area contributed by atoms with Gasteiger partial charge in [-0.15, -0.1) is 0 Å². The number of hydrogen-bond acceptors (Lipinski definition) is 5. The Morgan fingerprint density at radius 2 is 0.821 bits per heavy atom. The minimum atomic E-state index is -1.32. The zero-order chi connectivity index (χ0) is 41.0. The van der Waals surface area contributed by atoms with E-state index in [2.05, 4.69) is 67.8 Å². The maximum absolute atomic E-state index is 12.4. The first-order valence-electron chi connectivity index (χ1n) is 23.7. The van der Waals surface area contributed by atoms with E-state index < -0.39 is 36.9 Å². The van der Waals surface area contributed by atoms with Crippen LogP contribution in [0.5, 0.6) is 0 Å².